The zero-order chi connectivity index (χ0) is 19.2. The molecule has 0 saturated carbocycles. The monoisotopic (exact) mass is 371 g/mol. The number of hydrogen-bond donors (Lipinski definition) is 1. The first-order valence-electron chi connectivity index (χ1n) is 8.20. The van der Waals surface area contributed by atoms with Crippen molar-refractivity contribution in [2.24, 2.45) is 0 Å². The van der Waals surface area contributed by atoms with Gasteiger partial charge in [0.05, 0.1) is 12.2 Å². The second kappa shape index (κ2) is 8.22. The molecule has 0 atom stereocenters. The third-order valence-electron chi connectivity index (χ3n) is 3.65. The molecule has 1 N–H and O–H groups in total. The normalized spacial score (nSPS) is 11.6. The second-order valence-electron chi connectivity index (χ2n) is 5.49. The van der Waals surface area contributed by atoms with Gasteiger partial charge in [-0.25, -0.2) is 9.59 Å². The lowest BCUT2D eigenvalue weighted by molar-refractivity contribution is 0.0474. The maximum atomic E-state index is 12.2. The van der Waals surface area contributed by atoms with Crippen molar-refractivity contribution in [2.45, 2.75) is 6.92 Å². The lowest BCUT2D eigenvalue weighted by atomic mass is 10.1. The molecule has 8 heteroatoms. The highest BCUT2D eigenvalue weighted by molar-refractivity contribution is 6.00. The van der Waals surface area contributed by atoms with E-state index < -0.39 is 18.7 Å². The maximum absolute atomic E-state index is 12.2. The van der Waals surface area contributed by atoms with Gasteiger partial charge in [-0.3, -0.25) is 10.1 Å². The van der Waals surface area contributed by atoms with Crippen molar-refractivity contribution in [3.63, 3.8) is 0 Å². The number of benzene rings is 2. The van der Waals surface area contributed by atoms with E-state index in [-0.39, 0.29) is 24.7 Å². The zero-order valence-electron chi connectivity index (χ0n) is 14.5. The molecule has 0 aliphatic carbocycles. The number of ketones is 1. The molecular weight excluding hydrogens is 354 g/mol. The molecular formula is C19H17NO7. The Hall–Kier alpha value is -3.55. The van der Waals surface area contributed by atoms with E-state index in [1.807, 2.05) is 0 Å². The fraction of sp³-hybridized carbons (Fsp3) is 0.211. The number of hydrogen-bond acceptors (Lipinski definition) is 7. The third kappa shape index (κ3) is 4.55. The van der Waals surface area contributed by atoms with Crippen molar-refractivity contribution in [1.29, 1.82) is 0 Å². The van der Waals surface area contributed by atoms with Gasteiger partial charge in [0.1, 0.15) is 0 Å². The van der Waals surface area contributed by atoms with Crippen LogP contribution in [-0.2, 0) is 9.47 Å². The van der Waals surface area contributed by atoms with Crippen molar-refractivity contribution < 1.29 is 33.3 Å². The number of nitrogens with one attached hydrogen (secondary N) is 1. The first-order valence-corrected chi connectivity index (χ1v) is 8.20. The van der Waals surface area contributed by atoms with Gasteiger partial charge >= 0.3 is 12.1 Å². The minimum Gasteiger partial charge on any atom is -0.454 e. The van der Waals surface area contributed by atoms with E-state index >= 15 is 0 Å². The van der Waals surface area contributed by atoms with Crippen LogP contribution in [0, 0.1) is 0 Å². The fourth-order valence-corrected chi connectivity index (χ4v) is 2.38. The van der Waals surface area contributed by atoms with Gasteiger partial charge in [-0.1, -0.05) is 6.07 Å². The summed E-state index contributed by atoms with van der Waals surface area (Å²) in [4.78, 5) is 35.8. The molecule has 140 valence electrons. The molecule has 8 nitrogen and oxygen atoms in total. The summed E-state index contributed by atoms with van der Waals surface area (Å²) in [5.74, 6) is -0.0153. The van der Waals surface area contributed by atoms with Gasteiger partial charge in [0.15, 0.2) is 23.9 Å². The van der Waals surface area contributed by atoms with Gasteiger partial charge < -0.3 is 18.9 Å². The van der Waals surface area contributed by atoms with E-state index in [0.717, 1.165) is 0 Å². The molecule has 1 heterocycles. The Morgan fingerprint density at radius 2 is 1.81 bits per heavy atom. The van der Waals surface area contributed by atoms with Gasteiger partial charge in [-0.2, -0.15) is 0 Å². The van der Waals surface area contributed by atoms with Crippen LogP contribution >= 0.6 is 0 Å². The van der Waals surface area contributed by atoms with Crippen molar-refractivity contribution in [3.8, 4) is 11.5 Å². The van der Waals surface area contributed by atoms with Crippen molar-refractivity contribution >= 4 is 23.5 Å². The molecule has 2 aromatic carbocycles. The highest BCUT2D eigenvalue weighted by Gasteiger charge is 2.18. The first kappa shape index (κ1) is 18.2. The predicted octanol–water partition coefficient (Wildman–Crippen LogP) is 3.02. The van der Waals surface area contributed by atoms with Crippen LogP contribution in [0.15, 0.2) is 42.5 Å². The van der Waals surface area contributed by atoms with Gasteiger partial charge in [0.2, 0.25) is 6.79 Å². The van der Waals surface area contributed by atoms with Gasteiger partial charge in [-0.15, -0.1) is 0 Å². The molecule has 3 rings (SSSR count). The number of ether oxygens (including phenoxy) is 4. The Morgan fingerprint density at radius 1 is 1.00 bits per heavy atom. The third-order valence-corrected chi connectivity index (χ3v) is 3.65. The van der Waals surface area contributed by atoms with Crippen molar-refractivity contribution in [1.82, 2.24) is 0 Å². The lowest BCUT2D eigenvalue weighted by Gasteiger charge is -2.08. The Labute approximate surface area is 155 Å². The summed E-state index contributed by atoms with van der Waals surface area (Å²) in [7, 11) is 0. The van der Waals surface area contributed by atoms with Crippen molar-refractivity contribution in [2.75, 3.05) is 25.3 Å². The minimum atomic E-state index is -0.684. The fourth-order valence-electron chi connectivity index (χ4n) is 2.38. The molecule has 1 amide bonds. The Kier molecular flexibility index (Phi) is 5.55. The van der Waals surface area contributed by atoms with Crippen LogP contribution in [0.1, 0.15) is 27.6 Å². The van der Waals surface area contributed by atoms with E-state index in [0.29, 0.717) is 22.7 Å². The van der Waals surface area contributed by atoms with Gasteiger partial charge in [-0.05, 0) is 43.3 Å². The largest absolute Gasteiger partial charge is 0.454 e. The number of esters is 1. The number of carbonyl (C=O) groups is 3. The molecule has 0 spiro atoms. The van der Waals surface area contributed by atoms with Crippen LogP contribution in [0.2, 0.25) is 0 Å². The van der Waals surface area contributed by atoms with Gasteiger partial charge in [0, 0.05) is 11.3 Å². The summed E-state index contributed by atoms with van der Waals surface area (Å²) in [6, 6.07) is 10.9. The summed E-state index contributed by atoms with van der Waals surface area (Å²) in [6.07, 6.45) is -0.624. The SMILES string of the molecule is CCOC(=O)Nc1cccc(C(=O)OCC(=O)c2ccc3c(c2)OCO3)c1. The molecule has 0 radical (unpaired) electrons. The van der Waals surface area contributed by atoms with Crippen molar-refractivity contribution in [3.05, 3.63) is 53.6 Å². The summed E-state index contributed by atoms with van der Waals surface area (Å²) < 4.78 is 20.2. The quantitative estimate of drug-likeness (QED) is 0.615. The molecule has 0 fully saturated rings. The van der Waals surface area contributed by atoms with Crippen LogP contribution in [0.4, 0.5) is 10.5 Å². The number of anilines is 1. The average Bonchev–Trinajstić information content (AvgIpc) is 3.14. The van der Waals surface area contributed by atoms with E-state index in [9.17, 15) is 14.4 Å². The number of amides is 1. The molecule has 27 heavy (non-hydrogen) atoms. The summed E-state index contributed by atoms with van der Waals surface area (Å²) in [6.45, 7) is 1.60. The van der Waals surface area contributed by atoms with E-state index in [2.05, 4.69) is 5.32 Å². The summed E-state index contributed by atoms with van der Waals surface area (Å²) in [5, 5.41) is 2.49. The highest BCUT2D eigenvalue weighted by Crippen LogP contribution is 2.32. The molecule has 0 aromatic heterocycles. The van der Waals surface area contributed by atoms with Gasteiger partial charge in [0.25, 0.3) is 0 Å². The van der Waals surface area contributed by atoms with Crippen LogP contribution in [-0.4, -0.2) is 37.9 Å². The first-order chi connectivity index (χ1) is 13.1. The van der Waals surface area contributed by atoms with E-state index in [1.165, 1.54) is 12.1 Å². The zero-order valence-corrected chi connectivity index (χ0v) is 14.5. The van der Waals surface area contributed by atoms with Crippen LogP contribution in [0.5, 0.6) is 11.5 Å². The Morgan fingerprint density at radius 3 is 2.63 bits per heavy atom. The minimum absolute atomic E-state index is 0.109. The summed E-state index contributed by atoms with van der Waals surface area (Å²) in [5.41, 5.74) is 0.928. The summed E-state index contributed by atoms with van der Waals surface area (Å²) >= 11 is 0. The number of carbonyl (C=O) groups excluding carboxylic acids is 3. The molecule has 1 aliphatic rings. The Bertz CT molecular complexity index is 878. The van der Waals surface area contributed by atoms with Crippen LogP contribution in [0.25, 0.3) is 0 Å². The number of fused-ring (bicyclic) bond motifs is 1. The smallest absolute Gasteiger partial charge is 0.411 e. The molecule has 0 bridgehead atoms. The maximum Gasteiger partial charge on any atom is 0.411 e. The van der Waals surface area contributed by atoms with Crippen LogP contribution in [0.3, 0.4) is 0 Å². The molecule has 1 aliphatic heterocycles. The van der Waals surface area contributed by atoms with E-state index in [1.54, 1.807) is 37.3 Å². The van der Waals surface area contributed by atoms with Crippen LogP contribution < -0.4 is 14.8 Å². The van der Waals surface area contributed by atoms with E-state index in [4.69, 9.17) is 18.9 Å². The number of Topliss-reactive ketones (excluding diaryl/α,β-unsaturated/α-hetero) is 1. The predicted molar refractivity (Wildman–Crippen MR) is 94.3 cm³/mol. The Balaban J connectivity index is 1.59. The topological polar surface area (TPSA) is 100 Å². The number of rotatable bonds is 6. The highest BCUT2D eigenvalue weighted by atomic mass is 16.7. The molecule has 0 unspecified atom stereocenters. The lowest BCUT2D eigenvalue weighted by Crippen LogP contribution is -2.16. The molecule has 0 saturated heterocycles. The standard InChI is InChI=1S/C19H17NO7/c1-2-24-19(23)20-14-5-3-4-13(8-14)18(22)25-10-15(21)12-6-7-16-17(9-12)27-11-26-16/h3-9H,2,10-11H2,1H3,(H,20,23). The second-order valence-corrected chi connectivity index (χ2v) is 5.49. The average molecular weight is 371 g/mol. The molecule has 2 aromatic rings.